The minimum atomic E-state index is -0.449. The summed E-state index contributed by atoms with van der Waals surface area (Å²) in [5.41, 5.74) is 10.0. The third-order valence-electron chi connectivity index (χ3n) is 3.37. The van der Waals surface area contributed by atoms with Crippen LogP contribution in [0.3, 0.4) is 0 Å². The van der Waals surface area contributed by atoms with Crippen molar-refractivity contribution in [1.29, 1.82) is 0 Å². The molecule has 0 aliphatic heterocycles. The molecule has 2 aromatic rings. The maximum absolute atomic E-state index is 11.6. The van der Waals surface area contributed by atoms with Gasteiger partial charge in [0.05, 0.1) is 13.7 Å². The highest BCUT2D eigenvalue weighted by Gasteiger charge is 2.16. The van der Waals surface area contributed by atoms with Crippen LogP contribution in [0.1, 0.15) is 28.4 Å². The highest BCUT2D eigenvalue weighted by molar-refractivity contribution is 5.96. The number of ether oxygens (including phenoxy) is 2. The lowest BCUT2D eigenvalue weighted by atomic mass is 10.0. The van der Waals surface area contributed by atoms with E-state index in [-0.39, 0.29) is 0 Å². The molecule has 0 atom stereocenters. The molecule has 5 heteroatoms. The molecule has 112 valence electrons. The van der Waals surface area contributed by atoms with Crippen molar-refractivity contribution in [1.82, 2.24) is 4.98 Å². The zero-order chi connectivity index (χ0) is 15.6. The number of nitrogen functional groups attached to an aromatic ring is 1. The minimum absolute atomic E-state index is 0.308. The van der Waals surface area contributed by atoms with Crippen molar-refractivity contribution in [3.63, 3.8) is 0 Å². The summed E-state index contributed by atoms with van der Waals surface area (Å²) >= 11 is 0. The van der Waals surface area contributed by atoms with Gasteiger partial charge >= 0.3 is 5.97 Å². The molecule has 0 aliphatic rings. The summed E-state index contributed by atoms with van der Waals surface area (Å²) in [6.45, 7) is 6.56. The van der Waals surface area contributed by atoms with Gasteiger partial charge in [0.2, 0.25) is 0 Å². The van der Waals surface area contributed by atoms with Crippen LogP contribution in [0.25, 0.3) is 11.3 Å². The molecule has 1 aromatic heterocycles. The first-order valence-corrected chi connectivity index (χ1v) is 6.79. The summed E-state index contributed by atoms with van der Waals surface area (Å²) in [6, 6.07) is 5.72. The van der Waals surface area contributed by atoms with E-state index in [2.05, 4.69) is 4.98 Å². The highest BCUT2D eigenvalue weighted by atomic mass is 16.5. The average molecular weight is 288 g/mol. The van der Waals surface area contributed by atoms with Crippen LogP contribution in [-0.4, -0.2) is 24.7 Å². The van der Waals surface area contributed by atoms with Gasteiger partial charge < -0.3 is 20.2 Å². The molecule has 0 aliphatic carbocycles. The SMILES string of the molecule is CCOc1cc(C)c(-c2cc(C(=O)OC)c(N)[nH]2)cc1C. The Morgan fingerprint density at radius 1 is 1.24 bits per heavy atom. The van der Waals surface area contributed by atoms with Crippen LogP contribution in [0.15, 0.2) is 18.2 Å². The van der Waals surface area contributed by atoms with Gasteiger partial charge in [0.15, 0.2) is 0 Å². The van der Waals surface area contributed by atoms with E-state index < -0.39 is 5.97 Å². The third kappa shape index (κ3) is 2.86. The number of nitrogens with one attached hydrogen (secondary N) is 1. The fourth-order valence-electron chi connectivity index (χ4n) is 2.29. The van der Waals surface area contributed by atoms with E-state index >= 15 is 0 Å². The standard InChI is InChI=1S/C16H20N2O3/c1-5-21-14-7-9(2)11(6-10(14)3)13-8-12(15(17)18-13)16(19)20-4/h6-8,18H,5,17H2,1-4H3. The number of aromatic nitrogens is 1. The number of H-pyrrole nitrogens is 1. The molecular formula is C16H20N2O3. The number of benzene rings is 1. The smallest absolute Gasteiger partial charge is 0.341 e. The number of aryl methyl sites for hydroxylation is 2. The molecule has 0 amide bonds. The fraction of sp³-hybridized carbons (Fsp3) is 0.312. The van der Waals surface area contributed by atoms with Crippen LogP contribution in [0.2, 0.25) is 0 Å². The summed E-state index contributed by atoms with van der Waals surface area (Å²) in [7, 11) is 1.33. The average Bonchev–Trinajstić information content (AvgIpc) is 2.83. The summed E-state index contributed by atoms with van der Waals surface area (Å²) in [4.78, 5) is 14.7. The van der Waals surface area contributed by atoms with Crippen molar-refractivity contribution in [2.24, 2.45) is 0 Å². The normalized spacial score (nSPS) is 10.5. The van der Waals surface area contributed by atoms with Crippen LogP contribution >= 0.6 is 0 Å². The van der Waals surface area contributed by atoms with E-state index in [4.69, 9.17) is 15.2 Å². The van der Waals surface area contributed by atoms with Gasteiger partial charge in [-0.1, -0.05) is 0 Å². The number of anilines is 1. The number of esters is 1. The van der Waals surface area contributed by atoms with Gasteiger partial charge in [0.1, 0.15) is 17.1 Å². The number of hydrogen-bond donors (Lipinski definition) is 2. The van der Waals surface area contributed by atoms with Crippen LogP contribution in [0, 0.1) is 13.8 Å². The van der Waals surface area contributed by atoms with Crippen molar-refractivity contribution >= 4 is 11.8 Å². The zero-order valence-electron chi connectivity index (χ0n) is 12.7. The van der Waals surface area contributed by atoms with Crippen LogP contribution in [0.5, 0.6) is 5.75 Å². The Hall–Kier alpha value is -2.43. The Bertz CT molecular complexity index is 674. The second-order valence-corrected chi connectivity index (χ2v) is 4.87. The summed E-state index contributed by atoms with van der Waals surface area (Å²) in [5.74, 6) is 0.726. The maximum atomic E-state index is 11.6. The van der Waals surface area contributed by atoms with E-state index in [1.165, 1.54) is 7.11 Å². The van der Waals surface area contributed by atoms with E-state index in [0.717, 1.165) is 28.1 Å². The molecule has 3 N–H and O–H groups in total. The number of methoxy groups -OCH3 is 1. The summed E-state index contributed by atoms with van der Waals surface area (Å²) in [6.07, 6.45) is 0. The molecule has 5 nitrogen and oxygen atoms in total. The van der Waals surface area contributed by atoms with Gasteiger partial charge in [-0.15, -0.1) is 0 Å². The molecule has 21 heavy (non-hydrogen) atoms. The van der Waals surface area contributed by atoms with Gasteiger partial charge in [0.25, 0.3) is 0 Å². The van der Waals surface area contributed by atoms with E-state index in [9.17, 15) is 4.79 Å². The number of carbonyl (C=O) groups excluding carboxylic acids is 1. The third-order valence-corrected chi connectivity index (χ3v) is 3.37. The Kier molecular flexibility index (Phi) is 4.21. The zero-order valence-corrected chi connectivity index (χ0v) is 12.7. The topological polar surface area (TPSA) is 77.3 Å². The van der Waals surface area contributed by atoms with E-state index in [1.54, 1.807) is 6.07 Å². The van der Waals surface area contributed by atoms with Crippen molar-refractivity contribution in [3.8, 4) is 17.0 Å². The minimum Gasteiger partial charge on any atom is -0.494 e. The Morgan fingerprint density at radius 2 is 1.95 bits per heavy atom. The molecule has 2 rings (SSSR count). The van der Waals surface area contributed by atoms with Crippen LogP contribution in [-0.2, 0) is 4.74 Å². The van der Waals surface area contributed by atoms with Gasteiger partial charge in [-0.3, -0.25) is 0 Å². The lowest BCUT2D eigenvalue weighted by Crippen LogP contribution is -2.02. The lowest BCUT2D eigenvalue weighted by molar-refractivity contribution is 0.0602. The van der Waals surface area contributed by atoms with Crippen LogP contribution < -0.4 is 10.5 Å². The Balaban J connectivity index is 2.47. The molecule has 0 radical (unpaired) electrons. The summed E-state index contributed by atoms with van der Waals surface area (Å²) < 4.78 is 10.3. The van der Waals surface area contributed by atoms with Crippen LogP contribution in [0.4, 0.5) is 5.82 Å². The van der Waals surface area contributed by atoms with Gasteiger partial charge in [-0.05, 0) is 50.1 Å². The van der Waals surface area contributed by atoms with Crippen molar-refractivity contribution in [2.45, 2.75) is 20.8 Å². The van der Waals surface area contributed by atoms with Gasteiger partial charge in [-0.2, -0.15) is 0 Å². The number of hydrogen-bond acceptors (Lipinski definition) is 4. The Morgan fingerprint density at radius 3 is 2.57 bits per heavy atom. The van der Waals surface area contributed by atoms with Gasteiger partial charge in [-0.25, -0.2) is 4.79 Å². The molecule has 0 unspecified atom stereocenters. The maximum Gasteiger partial charge on any atom is 0.341 e. The Labute approximate surface area is 124 Å². The summed E-state index contributed by atoms with van der Waals surface area (Å²) in [5, 5.41) is 0. The van der Waals surface area contributed by atoms with Crippen molar-refractivity contribution in [3.05, 3.63) is 34.9 Å². The quantitative estimate of drug-likeness (QED) is 0.848. The molecule has 1 heterocycles. The fourth-order valence-corrected chi connectivity index (χ4v) is 2.29. The first kappa shape index (κ1) is 15.0. The second kappa shape index (κ2) is 5.91. The first-order valence-electron chi connectivity index (χ1n) is 6.79. The molecule has 0 fully saturated rings. The number of carbonyl (C=O) groups is 1. The number of rotatable bonds is 4. The van der Waals surface area contributed by atoms with E-state index in [1.807, 2.05) is 32.9 Å². The highest BCUT2D eigenvalue weighted by Crippen LogP contribution is 2.31. The predicted molar refractivity (Wildman–Crippen MR) is 82.6 cm³/mol. The van der Waals surface area contributed by atoms with E-state index in [0.29, 0.717) is 18.0 Å². The van der Waals surface area contributed by atoms with Gasteiger partial charge in [0, 0.05) is 11.3 Å². The largest absolute Gasteiger partial charge is 0.494 e. The van der Waals surface area contributed by atoms with Crippen molar-refractivity contribution < 1.29 is 14.3 Å². The van der Waals surface area contributed by atoms with Crippen molar-refractivity contribution in [2.75, 3.05) is 19.5 Å². The first-order chi connectivity index (χ1) is 9.97. The monoisotopic (exact) mass is 288 g/mol. The molecule has 0 spiro atoms. The molecule has 1 aromatic carbocycles. The molecule has 0 bridgehead atoms. The number of aromatic amines is 1. The predicted octanol–water partition coefficient (Wildman–Crippen LogP) is 3.07. The molecule has 0 saturated heterocycles. The molecule has 0 saturated carbocycles. The lowest BCUT2D eigenvalue weighted by Gasteiger charge is -2.11. The second-order valence-electron chi connectivity index (χ2n) is 4.87. The molecular weight excluding hydrogens is 268 g/mol. The number of nitrogens with two attached hydrogens (primary N) is 1.